The summed E-state index contributed by atoms with van der Waals surface area (Å²) < 4.78 is 10.8. The number of hydrogen-bond acceptors (Lipinski definition) is 4. The minimum Gasteiger partial charge on any atom is -0.493 e. The molecular formula is C13H14N2O2. The smallest absolute Gasteiger partial charge is 0.180 e. The first-order valence-electron chi connectivity index (χ1n) is 5.57. The molecule has 17 heavy (non-hydrogen) atoms. The van der Waals surface area contributed by atoms with Crippen LogP contribution in [0, 0.1) is 11.8 Å². The van der Waals surface area contributed by atoms with Crippen LogP contribution in [0.2, 0.25) is 0 Å². The molecule has 2 aliphatic heterocycles. The molecule has 0 saturated carbocycles. The standard InChI is InChI=1S/C13H14N2O2/c1-16-10-7-8-3-5-14-9-4-6-15-12(11(8)9)13(10)17-2/h3-8,11,15H,1-2H3. The maximum absolute atomic E-state index is 5.44. The Morgan fingerprint density at radius 2 is 2.18 bits per heavy atom. The van der Waals surface area contributed by atoms with Crippen LogP contribution in [0.5, 0.6) is 0 Å². The zero-order valence-corrected chi connectivity index (χ0v) is 9.81. The van der Waals surface area contributed by atoms with Gasteiger partial charge in [-0.05, 0) is 12.2 Å². The van der Waals surface area contributed by atoms with Crippen LogP contribution in [0.3, 0.4) is 0 Å². The van der Waals surface area contributed by atoms with Gasteiger partial charge in [0.25, 0.3) is 0 Å². The Labute approximate surface area is 100 Å². The summed E-state index contributed by atoms with van der Waals surface area (Å²) in [4.78, 5) is 4.40. The van der Waals surface area contributed by atoms with Gasteiger partial charge in [0.15, 0.2) is 11.5 Å². The number of methoxy groups -OCH3 is 2. The van der Waals surface area contributed by atoms with Gasteiger partial charge in [-0.1, -0.05) is 6.08 Å². The fourth-order valence-corrected chi connectivity index (χ4v) is 2.52. The van der Waals surface area contributed by atoms with E-state index < -0.39 is 0 Å². The Hall–Kier alpha value is -1.97. The molecule has 1 N–H and O–H groups in total. The zero-order valence-electron chi connectivity index (χ0n) is 9.81. The number of nitrogens with one attached hydrogen (secondary N) is 1. The number of aliphatic imine (C=N–C) groups is 1. The van der Waals surface area contributed by atoms with Crippen LogP contribution in [-0.2, 0) is 9.47 Å². The van der Waals surface area contributed by atoms with Crippen LogP contribution in [0.1, 0.15) is 0 Å². The lowest BCUT2D eigenvalue weighted by Gasteiger charge is -2.35. The van der Waals surface area contributed by atoms with Gasteiger partial charge in [-0.15, -0.1) is 0 Å². The van der Waals surface area contributed by atoms with E-state index in [1.807, 2.05) is 18.5 Å². The van der Waals surface area contributed by atoms with Crippen LogP contribution in [0.25, 0.3) is 0 Å². The van der Waals surface area contributed by atoms with E-state index in [1.54, 1.807) is 14.2 Å². The lowest BCUT2D eigenvalue weighted by molar-refractivity contribution is 0.205. The van der Waals surface area contributed by atoms with Crippen molar-refractivity contribution in [3.63, 3.8) is 0 Å². The van der Waals surface area contributed by atoms with Crippen LogP contribution in [0.4, 0.5) is 0 Å². The fraction of sp³-hybridized carbons (Fsp3) is 0.308. The van der Waals surface area contributed by atoms with Crippen LogP contribution in [-0.4, -0.2) is 19.9 Å². The largest absolute Gasteiger partial charge is 0.493 e. The highest BCUT2D eigenvalue weighted by molar-refractivity contribution is 6.01. The van der Waals surface area contributed by atoms with E-state index in [4.69, 9.17) is 9.47 Å². The number of hydrogen-bond donors (Lipinski definition) is 1. The van der Waals surface area contributed by atoms with Gasteiger partial charge in [0.2, 0.25) is 0 Å². The van der Waals surface area contributed by atoms with Crippen LogP contribution < -0.4 is 5.32 Å². The Kier molecular flexibility index (Phi) is 2.28. The molecule has 0 amide bonds. The zero-order chi connectivity index (χ0) is 11.8. The molecule has 0 spiro atoms. The third-order valence-corrected chi connectivity index (χ3v) is 3.28. The minimum atomic E-state index is 0.221. The molecule has 4 nitrogen and oxygen atoms in total. The van der Waals surface area contributed by atoms with Crippen molar-refractivity contribution < 1.29 is 9.47 Å². The summed E-state index contributed by atoms with van der Waals surface area (Å²) in [6.07, 6.45) is 9.91. The summed E-state index contributed by atoms with van der Waals surface area (Å²) in [6, 6.07) is 0. The first kappa shape index (κ1) is 10.2. The Balaban J connectivity index is 2.15. The monoisotopic (exact) mass is 230 g/mol. The molecule has 0 bridgehead atoms. The van der Waals surface area contributed by atoms with E-state index in [9.17, 15) is 0 Å². The van der Waals surface area contributed by atoms with Crippen molar-refractivity contribution in [3.05, 3.63) is 47.8 Å². The molecule has 3 rings (SSSR count). The third-order valence-electron chi connectivity index (χ3n) is 3.28. The van der Waals surface area contributed by atoms with E-state index in [2.05, 4.69) is 22.5 Å². The summed E-state index contributed by atoms with van der Waals surface area (Å²) in [7, 11) is 3.32. The lowest BCUT2D eigenvalue weighted by Crippen LogP contribution is -2.37. The normalized spacial score (nSPS) is 29.1. The molecule has 88 valence electrons. The van der Waals surface area contributed by atoms with Gasteiger partial charge in [-0.3, -0.25) is 4.99 Å². The van der Waals surface area contributed by atoms with E-state index in [-0.39, 0.29) is 11.8 Å². The number of ether oxygens (including phenoxy) is 2. The summed E-state index contributed by atoms with van der Waals surface area (Å²) in [5.41, 5.74) is 2.09. The molecular weight excluding hydrogens is 216 g/mol. The highest BCUT2D eigenvalue weighted by atomic mass is 16.5. The maximum atomic E-state index is 5.44. The molecule has 2 atom stereocenters. The van der Waals surface area contributed by atoms with Gasteiger partial charge in [0.05, 0.1) is 31.5 Å². The van der Waals surface area contributed by atoms with Gasteiger partial charge >= 0.3 is 0 Å². The summed E-state index contributed by atoms with van der Waals surface area (Å²) >= 11 is 0. The fourth-order valence-electron chi connectivity index (χ4n) is 2.52. The molecule has 0 radical (unpaired) electrons. The van der Waals surface area contributed by atoms with E-state index >= 15 is 0 Å². The van der Waals surface area contributed by atoms with Gasteiger partial charge in [0.1, 0.15) is 0 Å². The Morgan fingerprint density at radius 3 is 2.94 bits per heavy atom. The third kappa shape index (κ3) is 1.40. The lowest BCUT2D eigenvalue weighted by atomic mass is 9.78. The average molecular weight is 230 g/mol. The molecule has 0 fully saturated rings. The molecule has 0 aromatic rings. The molecule has 0 aromatic carbocycles. The summed E-state index contributed by atoms with van der Waals surface area (Å²) in [5, 5.41) is 3.25. The van der Waals surface area contributed by atoms with Gasteiger partial charge < -0.3 is 14.8 Å². The highest BCUT2D eigenvalue weighted by Crippen LogP contribution is 2.38. The predicted molar refractivity (Wildman–Crippen MR) is 65.0 cm³/mol. The molecule has 3 aliphatic rings. The molecule has 4 heteroatoms. The molecule has 2 heterocycles. The average Bonchev–Trinajstić information content (AvgIpc) is 2.39. The molecule has 1 aliphatic carbocycles. The van der Waals surface area contributed by atoms with Crippen molar-refractivity contribution in [2.24, 2.45) is 16.8 Å². The SMILES string of the molecule is COC1=CC2C=CN=C3C=CNC(=C1OC)C32. The number of nitrogens with zero attached hydrogens (tertiary/aromatic N) is 1. The van der Waals surface area contributed by atoms with E-state index in [1.165, 1.54) is 0 Å². The van der Waals surface area contributed by atoms with Crippen molar-refractivity contribution in [1.82, 2.24) is 5.32 Å². The van der Waals surface area contributed by atoms with E-state index in [0.717, 1.165) is 22.9 Å². The van der Waals surface area contributed by atoms with Crippen molar-refractivity contribution in [2.45, 2.75) is 0 Å². The van der Waals surface area contributed by atoms with Crippen LogP contribution in [0.15, 0.2) is 52.8 Å². The van der Waals surface area contributed by atoms with Crippen molar-refractivity contribution in [2.75, 3.05) is 14.2 Å². The predicted octanol–water partition coefficient (Wildman–Crippen LogP) is 1.71. The molecule has 0 saturated heterocycles. The Bertz CT molecular complexity index is 498. The first-order valence-corrected chi connectivity index (χ1v) is 5.57. The second-order valence-electron chi connectivity index (χ2n) is 4.11. The molecule has 2 unspecified atom stereocenters. The number of allylic oxidation sites excluding steroid dienone is 4. The second kappa shape index (κ2) is 3.80. The van der Waals surface area contributed by atoms with Crippen molar-refractivity contribution in [1.29, 1.82) is 0 Å². The van der Waals surface area contributed by atoms with Gasteiger partial charge in [-0.25, -0.2) is 0 Å². The second-order valence-corrected chi connectivity index (χ2v) is 4.11. The Morgan fingerprint density at radius 1 is 1.29 bits per heavy atom. The van der Waals surface area contributed by atoms with E-state index in [0.29, 0.717) is 0 Å². The summed E-state index contributed by atoms with van der Waals surface area (Å²) in [5.74, 6) is 2.04. The topological polar surface area (TPSA) is 42.8 Å². The van der Waals surface area contributed by atoms with Crippen molar-refractivity contribution >= 4 is 5.71 Å². The van der Waals surface area contributed by atoms with Crippen LogP contribution >= 0.6 is 0 Å². The first-order chi connectivity index (χ1) is 8.35. The minimum absolute atomic E-state index is 0.221. The molecule has 0 aromatic heterocycles. The van der Waals surface area contributed by atoms with Crippen molar-refractivity contribution in [3.8, 4) is 0 Å². The van der Waals surface area contributed by atoms with Gasteiger partial charge in [-0.2, -0.15) is 0 Å². The maximum Gasteiger partial charge on any atom is 0.180 e. The highest BCUT2D eigenvalue weighted by Gasteiger charge is 2.37. The quantitative estimate of drug-likeness (QED) is 0.785. The number of rotatable bonds is 2. The summed E-state index contributed by atoms with van der Waals surface area (Å²) in [6.45, 7) is 0. The van der Waals surface area contributed by atoms with Gasteiger partial charge in [0, 0.05) is 18.3 Å².